The summed E-state index contributed by atoms with van der Waals surface area (Å²) in [6.45, 7) is 2.39. The molecule has 0 heterocycles. The Morgan fingerprint density at radius 2 is 1.78 bits per heavy atom. The van der Waals surface area contributed by atoms with E-state index in [1.54, 1.807) is 0 Å². The predicted octanol–water partition coefficient (Wildman–Crippen LogP) is 2.08. The van der Waals surface area contributed by atoms with Crippen LogP contribution >= 0.6 is 0 Å². The van der Waals surface area contributed by atoms with Gasteiger partial charge in [0, 0.05) is 0 Å². The monoisotopic (exact) mass is 260 g/mol. The number of hydrogen-bond acceptors (Lipinski definition) is 5. The molecular formula is C12H20O6. The summed E-state index contributed by atoms with van der Waals surface area (Å²) in [5.74, 6) is -1.89. The molecule has 0 aromatic heterocycles. The smallest absolute Gasteiger partial charge is 0.348 e. The first-order valence-corrected chi connectivity index (χ1v) is 6.38. The van der Waals surface area contributed by atoms with Gasteiger partial charge in [0.25, 0.3) is 0 Å². The van der Waals surface area contributed by atoms with Crippen LogP contribution in [-0.2, 0) is 24.4 Å². The second kappa shape index (κ2) is 8.05. The van der Waals surface area contributed by atoms with Gasteiger partial charge in [0.1, 0.15) is 0 Å². The molecule has 0 aromatic carbocycles. The second-order valence-electron chi connectivity index (χ2n) is 4.53. The molecule has 1 aliphatic carbocycles. The average Bonchev–Trinajstić information content (AvgIpc) is 2.38. The zero-order valence-corrected chi connectivity index (χ0v) is 10.6. The molecule has 0 amide bonds. The van der Waals surface area contributed by atoms with Crippen LogP contribution in [0.2, 0.25) is 0 Å². The molecule has 1 aliphatic rings. The highest BCUT2D eigenvalue weighted by Gasteiger charge is 2.31. The van der Waals surface area contributed by atoms with Crippen molar-refractivity contribution >= 4 is 11.9 Å². The Labute approximate surface area is 106 Å². The largest absolute Gasteiger partial charge is 0.481 e. The number of unbranched alkanes of at least 4 members (excludes halogenated alkanes) is 1. The van der Waals surface area contributed by atoms with Gasteiger partial charge in [0.2, 0.25) is 0 Å². The predicted molar refractivity (Wildman–Crippen MR) is 61.1 cm³/mol. The van der Waals surface area contributed by atoms with E-state index >= 15 is 0 Å². The molecule has 6 nitrogen and oxygen atoms in total. The Hall–Kier alpha value is -1.14. The molecule has 0 aliphatic heterocycles. The lowest BCUT2D eigenvalue weighted by atomic mass is 9.82. The lowest BCUT2D eigenvalue weighted by Crippen LogP contribution is -2.27. The zero-order chi connectivity index (χ0) is 13.4. The molecule has 18 heavy (non-hydrogen) atoms. The summed E-state index contributed by atoms with van der Waals surface area (Å²) in [6, 6.07) is 0. The fourth-order valence-electron chi connectivity index (χ4n) is 1.94. The van der Waals surface area contributed by atoms with E-state index in [9.17, 15) is 9.59 Å². The maximum absolute atomic E-state index is 11.5. The standard InChI is InChI=1S/C12H20O6/c1-2-3-8-16-18-17-12(15)10-6-4-9(5-7-10)11(13)14/h9-10H,2-8H2,1H3,(H,13,14). The summed E-state index contributed by atoms with van der Waals surface area (Å²) in [5.41, 5.74) is 0. The number of carboxylic acids is 1. The fraction of sp³-hybridized carbons (Fsp3) is 0.833. The van der Waals surface area contributed by atoms with Crippen molar-refractivity contribution in [2.24, 2.45) is 11.8 Å². The van der Waals surface area contributed by atoms with E-state index in [4.69, 9.17) is 5.11 Å². The Morgan fingerprint density at radius 3 is 2.33 bits per heavy atom. The maximum atomic E-state index is 11.5. The van der Waals surface area contributed by atoms with Crippen LogP contribution in [0.25, 0.3) is 0 Å². The molecule has 104 valence electrons. The first-order valence-electron chi connectivity index (χ1n) is 6.38. The van der Waals surface area contributed by atoms with Crippen LogP contribution in [-0.4, -0.2) is 23.7 Å². The summed E-state index contributed by atoms with van der Waals surface area (Å²) in [5, 5.41) is 13.2. The van der Waals surface area contributed by atoms with E-state index in [1.165, 1.54) is 0 Å². The van der Waals surface area contributed by atoms with E-state index in [0.717, 1.165) is 12.8 Å². The quantitative estimate of drug-likeness (QED) is 0.429. The molecule has 0 saturated heterocycles. The summed E-state index contributed by atoms with van der Waals surface area (Å²) >= 11 is 0. The van der Waals surface area contributed by atoms with E-state index in [1.807, 2.05) is 6.92 Å². The fourth-order valence-corrected chi connectivity index (χ4v) is 1.94. The first kappa shape index (κ1) is 14.9. The molecule has 0 spiro atoms. The SMILES string of the molecule is CCCCOOOC(=O)C1CCC(C(=O)O)CC1. The van der Waals surface area contributed by atoms with Gasteiger partial charge in [0.05, 0.1) is 18.4 Å². The van der Waals surface area contributed by atoms with Crippen molar-refractivity contribution in [2.75, 3.05) is 6.61 Å². The molecule has 0 radical (unpaired) electrons. The van der Waals surface area contributed by atoms with Crippen molar-refractivity contribution in [1.29, 1.82) is 0 Å². The number of carbonyl (C=O) groups is 2. The van der Waals surface area contributed by atoms with Gasteiger partial charge in [-0.2, -0.15) is 4.89 Å². The van der Waals surface area contributed by atoms with Gasteiger partial charge in [-0.05, 0) is 37.1 Å². The minimum atomic E-state index is -0.791. The summed E-state index contributed by atoms with van der Waals surface area (Å²) in [6.07, 6.45) is 3.86. The molecule has 1 N–H and O–H groups in total. The minimum Gasteiger partial charge on any atom is -0.481 e. The third-order valence-corrected chi connectivity index (χ3v) is 3.16. The Kier molecular flexibility index (Phi) is 6.67. The van der Waals surface area contributed by atoms with Crippen molar-refractivity contribution in [1.82, 2.24) is 0 Å². The summed E-state index contributed by atoms with van der Waals surface area (Å²) < 4.78 is 0. The molecule has 6 heteroatoms. The van der Waals surface area contributed by atoms with Gasteiger partial charge in [-0.3, -0.25) is 9.68 Å². The number of carboxylic acid groups (broad SMARTS) is 1. The first-order chi connectivity index (χ1) is 8.65. The molecule has 0 bridgehead atoms. The number of rotatable bonds is 7. The van der Waals surface area contributed by atoms with Gasteiger partial charge in [-0.15, -0.1) is 0 Å². The van der Waals surface area contributed by atoms with Crippen molar-refractivity contribution in [3.05, 3.63) is 0 Å². The van der Waals surface area contributed by atoms with Gasteiger partial charge in [-0.1, -0.05) is 13.3 Å². The van der Waals surface area contributed by atoms with E-state index in [2.05, 4.69) is 14.8 Å². The van der Waals surface area contributed by atoms with Gasteiger partial charge >= 0.3 is 11.9 Å². The van der Waals surface area contributed by atoms with Gasteiger partial charge < -0.3 is 5.11 Å². The topological polar surface area (TPSA) is 82.1 Å². The highest BCUT2D eigenvalue weighted by atomic mass is 17.5. The van der Waals surface area contributed by atoms with E-state index in [-0.39, 0.29) is 11.8 Å². The number of aliphatic carboxylic acids is 1. The second-order valence-corrected chi connectivity index (χ2v) is 4.53. The lowest BCUT2D eigenvalue weighted by molar-refractivity contribution is -0.487. The summed E-state index contributed by atoms with van der Waals surface area (Å²) in [4.78, 5) is 31.4. The highest BCUT2D eigenvalue weighted by Crippen LogP contribution is 2.29. The Morgan fingerprint density at radius 1 is 1.17 bits per heavy atom. The van der Waals surface area contributed by atoms with Crippen LogP contribution in [0.1, 0.15) is 45.4 Å². The van der Waals surface area contributed by atoms with Crippen LogP contribution < -0.4 is 0 Å². The normalized spacial score (nSPS) is 23.6. The Balaban J connectivity index is 2.14. The zero-order valence-electron chi connectivity index (χ0n) is 10.6. The van der Waals surface area contributed by atoms with Crippen LogP contribution in [0.3, 0.4) is 0 Å². The number of carbonyl (C=O) groups excluding carboxylic acids is 1. The molecule has 0 unspecified atom stereocenters. The third-order valence-electron chi connectivity index (χ3n) is 3.16. The molecule has 1 rings (SSSR count). The maximum Gasteiger partial charge on any atom is 0.348 e. The summed E-state index contributed by atoms with van der Waals surface area (Å²) in [7, 11) is 0. The number of hydrogen-bond donors (Lipinski definition) is 1. The van der Waals surface area contributed by atoms with Crippen LogP contribution in [0.15, 0.2) is 0 Å². The molecule has 0 atom stereocenters. The van der Waals surface area contributed by atoms with Crippen molar-refractivity contribution < 1.29 is 29.5 Å². The Bertz CT molecular complexity index is 270. The molecule has 0 aromatic rings. The molecule has 1 saturated carbocycles. The van der Waals surface area contributed by atoms with Crippen LogP contribution in [0.4, 0.5) is 0 Å². The molecular weight excluding hydrogens is 240 g/mol. The van der Waals surface area contributed by atoms with Crippen molar-refractivity contribution in [3.8, 4) is 0 Å². The van der Waals surface area contributed by atoms with E-state index < -0.39 is 11.9 Å². The van der Waals surface area contributed by atoms with Gasteiger partial charge in [0.15, 0.2) is 0 Å². The van der Waals surface area contributed by atoms with Crippen LogP contribution in [0, 0.1) is 11.8 Å². The lowest BCUT2D eigenvalue weighted by Gasteiger charge is -2.23. The van der Waals surface area contributed by atoms with E-state index in [0.29, 0.717) is 32.3 Å². The van der Waals surface area contributed by atoms with Crippen molar-refractivity contribution in [2.45, 2.75) is 45.4 Å². The minimum absolute atomic E-state index is 0.282. The van der Waals surface area contributed by atoms with Crippen LogP contribution in [0.5, 0.6) is 0 Å². The molecule has 1 fully saturated rings. The highest BCUT2D eigenvalue weighted by molar-refractivity contribution is 5.73. The third kappa shape index (κ3) is 5.01. The van der Waals surface area contributed by atoms with Gasteiger partial charge in [-0.25, -0.2) is 4.79 Å². The van der Waals surface area contributed by atoms with Crippen molar-refractivity contribution in [3.63, 3.8) is 0 Å². The average molecular weight is 260 g/mol.